The Morgan fingerprint density at radius 3 is 2.63 bits per heavy atom. The largest absolute Gasteiger partial charge is 0.334 e. The normalized spacial score (nSPS) is 19.7. The molecule has 2 amide bonds. The van der Waals surface area contributed by atoms with E-state index < -0.39 is 0 Å². The first kappa shape index (κ1) is 13.8. The summed E-state index contributed by atoms with van der Waals surface area (Å²) in [6, 6.07) is 6.20. The highest BCUT2D eigenvalue weighted by Crippen LogP contribution is 2.13. The number of amides is 2. The van der Waals surface area contributed by atoms with Crippen molar-refractivity contribution in [1.29, 1.82) is 0 Å². The van der Waals surface area contributed by atoms with E-state index in [-0.39, 0.29) is 17.9 Å². The third kappa shape index (κ3) is 3.92. The van der Waals surface area contributed by atoms with E-state index in [1.54, 1.807) is 12.1 Å². The molecule has 1 aromatic carbocycles. The summed E-state index contributed by atoms with van der Waals surface area (Å²) < 4.78 is 12.7. The van der Waals surface area contributed by atoms with Gasteiger partial charge in [-0.1, -0.05) is 0 Å². The molecule has 2 N–H and O–H groups in total. The molecule has 4 nitrogen and oxygen atoms in total. The van der Waals surface area contributed by atoms with Crippen LogP contribution in [0.5, 0.6) is 0 Å². The van der Waals surface area contributed by atoms with Gasteiger partial charge in [0.25, 0.3) is 0 Å². The maximum absolute atomic E-state index is 12.7. The lowest BCUT2D eigenvalue weighted by atomic mass is 10.2. The number of hydrogen-bond donors (Lipinski definition) is 2. The first-order chi connectivity index (χ1) is 9.04. The summed E-state index contributed by atoms with van der Waals surface area (Å²) in [4.78, 5) is 14.1. The van der Waals surface area contributed by atoms with Crippen LogP contribution in [0.25, 0.3) is 0 Å². The fourth-order valence-corrected chi connectivity index (χ4v) is 2.26. The molecular weight excluding hydrogens is 245 g/mol. The lowest BCUT2D eigenvalue weighted by Crippen LogP contribution is -2.40. The predicted molar refractivity (Wildman–Crippen MR) is 73.7 cm³/mol. The fraction of sp³-hybridized carbons (Fsp3) is 0.500. The second-order valence-corrected chi connectivity index (χ2v) is 5.18. The van der Waals surface area contributed by atoms with Gasteiger partial charge in [0.15, 0.2) is 0 Å². The molecule has 1 aliphatic rings. The van der Waals surface area contributed by atoms with E-state index >= 15 is 0 Å². The van der Waals surface area contributed by atoms with E-state index in [0.29, 0.717) is 11.7 Å². The van der Waals surface area contributed by atoms with Crippen LogP contribution in [-0.2, 0) is 0 Å². The number of likely N-dealkylation sites (tertiary alicyclic amines) is 1. The van der Waals surface area contributed by atoms with Crippen molar-refractivity contribution >= 4 is 11.7 Å². The summed E-state index contributed by atoms with van der Waals surface area (Å²) in [5.41, 5.74) is 0.595. The number of halogens is 1. The Hall–Kier alpha value is -1.62. The molecule has 1 aromatic rings. The average Bonchev–Trinajstić information content (AvgIpc) is 2.80. The number of nitrogens with zero attached hydrogens (tertiary/aromatic N) is 1. The van der Waals surface area contributed by atoms with Crippen LogP contribution < -0.4 is 10.6 Å². The van der Waals surface area contributed by atoms with Gasteiger partial charge in [-0.05, 0) is 44.5 Å². The van der Waals surface area contributed by atoms with Crippen LogP contribution in [0.2, 0.25) is 0 Å². The molecule has 0 aliphatic carbocycles. The van der Waals surface area contributed by atoms with Gasteiger partial charge in [0.1, 0.15) is 5.82 Å². The quantitative estimate of drug-likeness (QED) is 0.881. The molecule has 1 fully saturated rings. The van der Waals surface area contributed by atoms with E-state index in [2.05, 4.69) is 29.4 Å². The number of nitrogens with one attached hydrogen (secondary N) is 2. The smallest absolute Gasteiger partial charge is 0.319 e. The average molecular weight is 265 g/mol. The highest BCUT2D eigenvalue weighted by Gasteiger charge is 2.25. The summed E-state index contributed by atoms with van der Waals surface area (Å²) in [5.74, 6) is -0.311. The highest BCUT2D eigenvalue weighted by atomic mass is 19.1. The maximum atomic E-state index is 12.7. The van der Waals surface area contributed by atoms with Gasteiger partial charge in [-0.15, -0.1) is 0 Å². The predicted octanol–water partition coefficient (Wildman–Crippen LogP) is 2.43. The molecule has 2 rings (SSSR count). The fourth-order valence-electron chi connectivity index (χ4n) is 2.26. The molecule has 0 radical (unpaired) electrons. The Bertz CT molecular complexity index is 433. The van der Waals surface area contributed by atoms with Gasteiger partial charge in [0.2, 0.25) is 0 Å². The Balaban J connectivity index is 1.80. The number of carbonyl (C=O) groups excluding carboxylic acids is 1. The van der Waals surface area contributed by atoms with Crippen molar-refractivity contribution in [2.45, 2.75) is 32.4 Å². The molecule has 0 spiro atoms. The molecule has 0 bridgehead atoms. The zero-order valence-corrected chi connectivity index (χ0v) is 11.3. The molecule has 5 heteroatoms. The van der Waals surface area contributed by atoms with Gasteiger partial charge >= 0.3 is 6.03 Å². The highest BCUT2D eigenvalue weighted by molar-refractivity contribution is 5.89. The molecule has 1 atom stereocenters. The summed E-state index contributed by atoms with van der Waals surface area (Å²) >= 11 is 0. The molecular formula is C14H20FN3O. The molecule has 104 valence electrons. The van der Waals surface area contributed by atoms with Crippen LogP contribution in [-0.4, -0.2) is 36.1 Å². The van der Waals surface area contributed by atoms with Crippen molar-refractivity contribution < 1.29 is 9.18 Å². The van der Waals surface area contributed by atoms with Gasteiger partial charge in [-0.2, -0.15) is 0 Å². The lowest BCUT2D eigenvalue weighted by Gasteiger charge is -2.20. The van der Waals surface area contributed by atoms with Crippen molar-refractivity contribution in [1.82, 2.24) is 10.2 Å². The number of anilines is 1. The number of benzene rings is 1. The topological polar surface area (TPSA) is 44.4 Å². The van der Waals surface area contributed by atoms with Crippen molar-refractivity contribution in [2.75, 3.05) is 18.4 Å². The van der Waals surface area contributed by atoms with Crippen molar-refractivity contribution in [3.63, 3.8) is 0 Å². The summed E-state index contributed by atoms with van der Waals surface area (Å²) in [6.07, 6.45) is 0.967. The SMILES string of the molecule is CC(C)N1CCC(NC(=O)Nc2ccc(F)cc2)C1. The van der Waals surface area contributed by atoms with Crippen LogP contribution >= 0.6 is 0 Å². The van der Waals surface area contributed by atoms with Crippen LogP contribution in [0, 0.1) is 5.82 Å². The van der Waals surface area contributed by atoms with Gasteiger partial charge in [0, 0.05) is 30.9 Å². The van der Waals surface area contributed by atoms with Crippen LogP contribution in [0.15, 0.2) is 24.3 Å². The van der Waals surface area contributed by atoms with Crippen LogP contribution in [0.4, 0.5) is 14.9 Å². The molecule has 1 heterocycles. The first-order valence-corrected chi connectivity index (χ1v) is 6.62. The molecule has 0 aromatic heterocycles. The van der Waals surface area contributed by atoms with Crippen molar-refractivity contribution in [2.24, 2.45) is 0 Å². The van der Waals surface area contributed by atoms with Crippen molar-refractivity contribution in [3.8, 4) is 0 Å². The van der Waals surface area contributed by atoms with Crippen LogP contribution in [0.3, 0.4) is 0 Å². The van der Waals surface area contributed by atoms with Crippen molar-refractivity contribution in [3.05, 3.63) is 30.1 Å². The van der Waals surface area contributed by atoms with E-state index in [1.165, 1.54) is 12.1 Å². The zero-order valence-electron chi connectivity index (χ0n) is 11.3. The van der Waals surface area contributed by atoms with E-state index in [0.717, 1.165) is 19.5 Å². The molecule has 1 aliphatic heterocycles. The number of hydrogen-bond acceptors (Lipinski definition) is 2. The second-order valence-electron chi connectivity index (χ2n) is 5.18. The van der Waals surface area contributed by atoms with E-state index in [4.69, 9.17) is 0 Å². The maximum Gasteiger partial charge on any atom is 0.319 e. The third-order valence-electron chi connectivity index (χ3n) is 3.39. The summed E-state index contributed by atoms with van der Waals surface area (Å²) in [6.45, 7) is 6.20. The monoisotopic (exact) mass is 265 g/mol. The third-order valence-corrected chi connectivity index (χ3v) is 3.39. The molecule has 19 heavy (non-hydrogen) atoms. The Kier molecular flexibility index (Phi) is 4.37. The Labute approximate surface area is 113 Å². The second kappa shape index (κ2) is 6.02. The minimum atomic E-state index is -0.311. The van der Waals surface area contributed by atoms with Gasteiger partial charge < -0.3 is 10.6 Å². The number of carbonyl (C=O) groups is 1. The van der Waals surface area contributed by atoms with Gasteiger partial charge in [0.05, 0.1) is 0 Å². The molecule has 1 unspecified atom stereocenters. The lowest BCUT2D eigenvalue weighted by molar-refractivity contribution is 0.244. The number of rotatable bonds is 3. The minimum absolute atomic E-state index is 0.183. The Morgan fingerprint density at radius 1 is 1.37 bits per heavy atom. The summed E-state index contributed by atoms with van der Waals surface area (Å²) in [5, 5.41) is 5.65. The molecule has 1 saturated heterocycles. The minimum Gasteiger partial charge on any atom is -0.334 e. The number of urea groups is 1. The van der Waals surface area contributed by atoms with Gasteiger partial charge in [-0.25, -0.2) is 9.18 Å². The Morgan fingerprint density at radius 2 is 2.05 bits per heavy atom. The first-order valence-electron chi connectivity index (χ1n) is 6.62. The van der Waals surface area contributed by atoms with E-state index in [1.807, 2.05) is 0 Å². The summed E-state index contributed by atoms with van der Waals surface area (Å²) in [7, 11) is 0. The standard InChI is InChI=1S/C14H20FN3O/c1-10(2)18-8-7-13(9-18)17-14(19)16-12-5-3-11(15)4-6-12/h3-6,10,13H,7-9H2,1-2H3,(H2,16,17,19). The molecule has 0 saturated carbocycles. The van der Waals surface area contributed by atoms with Crippen LogP contribution in [0.1, 0.15) is 20.3 Å². The zero-order chi connectivity index (χ0) is 13.8. The van der Waals surface area contributed by atoms with E-state index in [9.17, 15) is 9.18 Å². The van der Waals surface area contributed by atoms with Gasteiger partial charge in [-0.3, -0.25) is 4.90 Å².